The number of hydrogen-bond acceptors (Lipinski definition) is 4. The van der Waals surface area contributed by atoms with Crippen molar-refractivity contribution in [3.63, 3.8) is 0 Å². The number of nitrogens with zero attached hydrogens (tertiary/aromatic N) is 2. The van der Waals surface area contributed by atoms with Crippen molar-refractivity contribution in [2.45, 2.75) is 19.9 Å². The molecule has 1 aromatic carbocycles. The molecule has 1 rings (SSSR count). The van der Waals surface area contributed by atoms with Crippen LogP contribution in [0, 0.1) is 16.0 Å². The Kier molecular flexibility index (Phi) is 5.00. The lowest BCUT2D eigenvalue weighted by atomic mass is 10.0. The lowest BCUT2D eigenvalue weighted by Gasteiger charge is -2.26. The molecule has 1 N–H and O–H groups in total. The first kappa shape index (κ1) is 15.1. The van der Waals surface area contributed by atoms with Crippen molar-refractivity contribution < 1.29 is 14.8 Å². The summed E-state index contributed by atoms with van der Waals surface area (Å²) >= 11 is 0. The molecular formula is C13H18N2O4. The van der Waals surface area contributed by atoms with Crippen LogP contribution in [0.3, 0.4) is 0 Å². The first-order chi connectivity index (χ1) is 8.82. The van der Waals surface area contributed by atoms with E-state index in [0.717, 1.165) is 5.56 Å². The maximum atomic E-state index is 10.8. The number of non-ortho nitro benzene ring substituents is 1. The van der Waals surface area contributed by atoms with E-state index in [1.807, 2.05) is 18.9 Å². The van der Waals surface area contributed by atoms with Gasteiger partial charge in [-0.15, -0.1) is 0 Å². The molecule has 0 aromatic heterocycles. The van der Waals surface area contributed by atoms with Crippen LogP contribution in [0.2, 0.25) is 0 Å². The van der Waals surface area contributed by atoms with Crippen LogP contribution in [0.15, 0.2) is 24.3 Å². The summed E-state index contributed by atoms with van der Waals surface area (Å²) in [6.45, 7) is 3.92. The zero-order valence-electron chi connectivity index (χ0n) is 11.2. The number of carboxylic acid groups (broad SMARTS) is 1. The van der Waals surface area contributed by atoms with Crippen LogP contribution in [-0.2, 0) is 4.79 Å². The third-order valence-electron chi connectivity index (χ3n) is 3.21. The second kappa shape index (κ2) is 6.29. The van der Waals surface area contributed by atoms with Gasteiger partial charge in [0.2, 0.25) is 0 Å². The van der Waals surface area contributed by atoms with Crippen LogP contribution in [0.5, 0.6) is 0 Å². The molecule has 0 saturated carbocycles. The molecule has 0 aliphatic rings. The molecule has 6 heteroatoms. The van der Waals surface area contributed by atoms with Gasteiger partial charge >= 0.3 is 5.97 Å². The van der Waals surface area contributed by atoms with Crippen molar-refractivity contribution in [3.05, 3.63) is 39.9 Å². The van der Waals surface area contributed by atoms with Gasteiger partial charge in [-0.3, -0.25) is 19.8 Å². The zero-order valence-corrected chi connectivity index (χ0v) is 11.2. The number of hydrogen-bond donors (Lipinski definition) is 1. The van der Waals surface area contributed by atoms with E-state index in [4.69, 9.17) is 5.11 Å². The van der Waals surface area contributed by atoms with Crippen molar-refractivity contribution in [2.75, 3.05) is 13.6 Å². The molecule has 0 radical (unpaired) electrons. The highest BCUT2D eigenvalue weighted by molar-refractivity contribution is 5.69. The number of carboxylic acids is 1. The molecule has 0 fully saturated rings. The summed E-state index contributed by atoms with van der Waals surface area (Å²) in [6.07, 6.45) is 0. The van der Waals surface area contributed by atoms with E-state index in [1.54, 1.807) is 19.1 Å². The van der Waals surface area contributed by atoms with Crippen molar-refractivity contribution >= 4 is 11.7 Å². The van der Waals surface area contributed by atoms with Crippen LogP contribution in [-0.4, -0.2) is 34.5 Å². The van der Waals surface area contributed by atoms with Crippen molar-refractivity contribution in [2.24, 2.45) is 5.92 Å². The number of nitro benzene ring substituents is 1. The van der Waals surface area contributed by atoms with Crippen molar-refractivity contribution in [1.29, 1.82) is 0 Å². The second-order valence-electron chi connectivity index (χ2n) is 4.71. The van der Waals surface area contributed by atoms with Gasteiger partial charge in [-0.25, -0.2) is 0 Å². The van der Waals surface area contributed by atoms with Gasteiger partial charge in [0.25, 0.3) is 5.69 Å². The molecule has 2 atom stereocenters. The molecule has 0 spiro atoms. The summed E-state index contributed by atoms with van der Waals surface area (Å²) in [7, 11) is 1.81. The molecule has 104 valence electrons. The maximum Gasteiger partial charge on any atom is 0.307 e. The summed E-state index contributed by atoms with van der Waals surface area (Å²) in [5, 5.41) is 19.6. The van der Waals surface area contributed by atoms with Crippen LogP contribution < -0.4 is 0 Å². The average molecular weight is 266 g/mol. The Balaban J connectivity index is 2.81. The molecular weight excluding hydrogens is 248 g/mol. The molecule has 19 heavy (non-hydrogen) atoms. The summed E-state index contributed by atoms with van der Waals surface area (Å²) in [5.74, 6) is -1.33. The van der Waals surface area contributed by atoms with Gasteiger partial charge in [0.05, 0.1) is 10.8 Å². The molecule has 0 bridgehead atoms. The van der Waals surface area contributed by atoms with E-state index >= 15 is 0 Å². The normalized spacial score (nSPS) is 14.1. The molecule has 2 unspecified atom stereocenters. The van der Waals surface area contributed by atoms with Crippen molar-refractivity contribution in [3.8, 4) is 0 Å². The number of carbonyl (C=O) groups is 1. The Morgan fingerprint density at radius 1 is 1.47 bits per heavy atom. The molecule has 6 nitrogen and oxygen atoms in total. The topological polar surface area (TPSA) is 83.7 Å². The Labute approximate surface area is 111 Å². The minimum atomic E-state index is -0.849. The third kappa shape index (κ3) is 4.03. The number of aliphatic carboxylic acids is 1. The predicted molar refractivity (Wildman–Crippen MR) is 70.9 cm³/mol. The minimum absolute atomic E-state index is 0.0454. The maximum absolute atomic E-state index is 10.8. The Hall–Kier alpha value is -1.95. The summed E-state index contributed by atoms with van der Waals surface area (Å²) in [5.41, 5.74) is 0.846. The highest BCUT2D eigenvalue weighted by Crippen LogP contribution is 2.23. The standard InChI is InChI=1S/C13H18N2O4/c1-9(13(16)17)8-14(3)10(2)11-5-4-6-12(7-11)15(18)19/h4-7,9-10H,8H2,1-3H3,(H,16,17). The fraction of sp³-hybridized carbons (Fsp3) is 0.462. The van der Waals surface area contributed by atoms with Gasteiger partial charge in [-0.2, -0.15) is 0 Å². The molecule has 0 aliphatic carbocycles. The summed E-state index contributed by atoms with van der Waals surface area (Å²) < 4.78 is 0. The number of nitro groups is 1. The number of benzene rings is 1. The Morgan fingerprint density at radius 2 is 2.11 bits per heavy atom. The second-order valence-corrected chi connectivity index (χ2v) is 4.71. The highest BCUT2D eigenvalue weighted by atomic mass is 16.6. The average Bonchev–Trinajstić information content (AvgIpc) is 2.37. The van der Waals surface area contributed by atoms with Gasteiger partial charge in [0.15, 0.2) is 0 Å². The van der Waals surface area contributed by atoms with Gasteiger partial charge in [0, 0.05) is 24.7 Å². The van der Waals surface area contributed by atoms with E-state index < -0.39 is 16.8 Å². The first-order valence-electron chi connectivity index (χ1n) is 6.00. The van der Waals surface area contributed by atoms with Crippen LogP contribution >= 0.6 is 0 Å². The van der Waals surface area contributed by atoms with Gasteiger partial charge in [-0.1, -0.05) is 19.1 Å². The summed E-state index contributed by atoms with van der Waals surface area (Å²) in [4.78, 5) is 23.0. The monoisotopic (exact) mass is 266 g/mol. The zero-order chi connectivity index (χ0) is 14.6. The smallest absolute Gasteiger partial charge is 0.307 e. The van der Waals surface area contributed by atoms with E-state index in [1.165, 1.54) is 12.1 Å². The van der Waals surface area contributed by atoms with Gasteiger partial charge in [-0.05, 0) is 19.5 Å². The molecule has 0 saturated heterocycles. The van der Waals surface area contributed by atoms with E-state index in [2.05, 4.69) is 0 Å². The van der Waals surface area contributed by atoms with E-state index in [-0.39, 0.29) is 11.7 Å². The predicted octanol–water partition coefficient (Wildman–Crippen LogP) is 2.31. The van der Waals surface area contributed by atoms with Crippen LogP contribution in [0.4, 0.5) is 5.69 Å². The highest BCUT2D eigenvalue weighted by Gasteiger charge is 2.19. The SMILES string of the molecule is CC(CN(C)C(C)c1cccc([N+](=O)[O-])c1)C(=O)O. The molecule has 1 aromatic rings. The minimum Gasteiger partial charge on any atom is -0.481 e. The van der Waals surface area contributed by atoms with Crippen LogP contribution in [0.1, 0.15) is 25.5 Å². The fourth-order valence-corrected chi connectivity index (χ4v) is 1.82. The lowest BCUT2D eigenvalue weighted by Crippen LogP contribution is -2.30. The third-order valence-corrected chi connectivity index (χ3v) is 3.21. The van der Waals surface area contributed by atoms with Crippen molar-refractivity contribution in [1.82, 2.24) is 4.90 Å². The quantitative estimate of drug-likeness (QED) is 0.631. The van der Waals surface area contributed by atoms with E-state index in [0.29, 0.717) is 6.54 Å². The Morgan fingerprint density at radius 3 is 2.63 bits per heavy atom. The largest absolute Gasteiger partial charge is 0.481 e. The fourth-order valence-electron chi connectivity index (χ4n) is 1.82. The first-order valence-corrected chi connectivity index (χ1v) is 6.00. The number of rotatable bonds is 6. The molecule has 0 amide bonds. The van der Waals surface area contributed by atoms with Gasteiger partial charge in [0.1, 0.15) is 0 Å². The lowest BCUT2D eigenvalue weighted by molar-refractivity contribution is -0.384. The van der Waals surface area contributed by atoms with Gasteiger partial charge < -0.3 is 5.11 Å². The molecule has 0 aliphatic heterocycles. The van der Waals surface area contributed by atoms with Crippen LogP contribution in [0.25, 0.3) is 0 Å². The van der Waals surface area contributed by atoms with E-state index in [9.17, 15) is 14.9 Å². The Bertz CT molecular complexity index is 475. The summed E-state index contributed by atoms with van der Waals surface area (Å²) in [6, 6.07) is 6.32. The molecule has 0 heterocycles.